The van der Waals surface area contributed by atoms with E-state index in [2.05, 4.69) is 18.8 Å². The van der Waals surface area contributed by atoms with Gasteiger partial charge < -0.3 is 15.6 Å². The molecule has 3 N–H and O–H groups in total. The van der Waals surface area contributed by atoms with E-state index in [-0.39, 0.29) is 5.91 Å². The number of carbonyl (C=O) groups is 1. The molecule has 114 valence electrons. The van der Waals surface area contributed by atoms with Crippen LogP contribution in [0.4, 0.5) is 5.69 Å². The molecule has 0 aliphatic heterocycles. The second-order valence-electron chi connectivity index (χ2n) is 5.52. The van der Waals surface area contributed by atoms with E-state index in [0.717, 1.165) is 36.8 Å². The Kier molecular flexibility index (Phi) is 4.89. The van der Waals surface area contributed by atoms with Crippen molar-refractivity contribution in [3.05, 3.63) is 30.0 Å². The van der Waals surface area contributed by atoms with E-state index in [1.165, 1.54) is 0 Å². The highest BCUT2D eigenvalue weighted by molar-refractivity contribution is 6.00. The third-order valence-electron chi connectivity index (χ3n) is 4.22. The number of amides is 1. The number of anilines is 1. The topological polar surface area (TPSA) is 62.1 Å². The number of aromatic amines is 1. The molecule has 0 aliphatic rings. The quantitative estimate of drug-likeness (QED) is 0.797. The fraction of sp³-hybridized carbons (Fsp3) is 0.471. The van der Waals surface area contributed by atoms with Gasteiger partial charge >= 0.3 is 0 Å². The highest BCUT2D eigenvalue weighted by Gasteiger charge is 2.19. The molecule has 0 atom stereocenters. The van der Waals surface area contributed by atoms with E-state index < -0.39 is 0 Å². The summed E-state index contributed by atoms with van der Waals surface area (Å²) in [5, 5.41) is 0.983. The Bertz CT molecular complexity index is 614. The van der Waals surface area contributed by atoms with Crippen molar-refractivity contribution in [2.75, 3.05) is 18.8 Å². The van der Waals surface area contributed by atoms with Crippen molar-refractivity contribution in [3.8, 4) is 0 Å². The molecule has 4 heteroatoms. The summed E-state index contributed by atoms with van der Waals surface area (Å²) in [6.45, 7) is 7.91. The normalized spacial score (nSPS) is 11.2. The molecular formula is C17H25N3O. The van der Waals surface area contributed by atoms with Gasteiger partial charge in [0.15, 0.2) is 0 Å². The summed E-state index contributed by atoms with van der Waals surface area (Å²) in [7, 11) is 0. The van der Waals surface area contributed by atoms with Crippen molar-refractivity contribution >= 4 is 22.5 Å². The molecule has 1 amide bonds. The SMILES string of the molecule is CCC(CC)CN(CC)C(=O)c1cc2cccc(N)c2[nH]1. The largest absolute Gasteiger partial charge is 0.397 e. The van der Waals surface area contributed by atoms with Crippen molar-refractivity contribution < 1.29 is 4.79 Å². The maximum atomic E-state index is 12.7. The van der Waals surface area contributed by atoms with Gasteiger partial charge in [-0.3, -0.25) is 4.79 Å². The number of nitrogens with two attached hydrogens (primary N) is 1. The first kappa shape index (κ1) is 15.4. The molecule has 0 fully saturated rings. The number of H-pyrrole nitrogens is 1. The fourth-order valence-electron chi connectivity index (χ4n) is 2.68. The molecule has 0 bridgehead atoms. The number of hydrogen-bond donors (Lipinski definition) is 2. The number of nitrogens with one attached hydrogen (secondary N) is 1. The number of rotatable bonds is 6. The molecule has 4 nitrogen and oxygen atoms in total. The zero-order valence-electron chi connectivity index (χ0n) is 13.1. The van der Waals surface area contributed by atoms with Crippen LogP contribution in [0.5, 0.6) is 0 Å². The van der Waals surface area contributed by atoms with E-state index >= 15 is 0 Å². The Morgan fingerprint density at radius 1 is 1.29 bits per heavy atom. The minimum Gasteiger partial charge on any atom is -0.397 e. The molecule has 0 saturated heterocycles. The predicted octanol–water partition coefficient (Wildman–Crippen LogP) is 3.65. The second kappa shape index (κ2) is 6.66. The second-order valence-corrected chi connectivity index (χ2v) is 5.52. The van der Waals surface area contributed by atoms with E-state index in [4.69, 9.17) is 5.73 Å². The Morgan fingerprint density at radius 3 is 2.57 bits per heavy atom. The molecule has 0 unspecified atom stereocenters. The number of hydrogen-bond acceptors (Lipinski definition) is 2. The highest BCUT2D eigenvalue weighted by Crippen LogP contribution is 2.22. The molecule has 21 heavy (non-hydrogen) atoms. The van der Waals surface area contributed by atoms with Crippen LogP contribution >= 0.6 is 0 Å². The molecule has 0 spiro atoms. The maximum Gasteiger partial charge on any atom is 0.270 e. The first-order valence-corrected chi connectivity index (χ1v) is 7.77. The van der Waals surface area contributed by atoms with Gasteiger partial charge in [-0.1, -0.05) is 38.8 Å². The average Bonchev–Trinajstić information content (AvgIpc) is 2.93. The smallest absolute Gasteiger partial charge is 0.270 e. The lowest BCUT2D eigenvalue weighted by atomic mass is 10.0. The van der Waals surface area contributed by atoms with Crippen molar-refractivity contribution in [1.82, 2.24) is 9.88 Å². The third kappa shape index (κ3) is 3.20. The Hall–Kier alpha value is -1.97. The van der Waals surface area contributed by atoms with Crippen LogP contribution in [0.1, 0.15) is 44.1 Å². The molecular weight excluding hydrogens is 262 g/mol. The van der Waals surface area contributed by atoms with Crippen LogP contribution in [0.2, 0.25) is 0 Å². The lowest BCUT2D eigenvalue weighted by Gasteiger charge is -2.25. The summed E-state index contributed by atoms with van der Waals surface area (Å²) in [6, 6.07) is 7.61. The van der Waals surface area contributed by atoms with Crippen molar-refractivity contribution in [1.29, 1.82) is 0 Å². The van der Waals surface area contributed by atoms with E-state index in [9.17, 15) is 4.79 Å². The van der Waals surface area contributed by atoms with Gasteiger partial charge in [0.2, 0.25) is 0 Å². The molecule has 1 aromatic heterocycles. The zero-order chi connectivity index (χ0) is 15.4. The molecule has 2 rings (SSSR count). The first-order chi connectivity index (χ1) is 10.1. The predicted molar refractivity (Wildman–Crippen MR) is 88.4 cm³/mol. The number of carbonyl (C=O) groups excluding carboxylic acids is 1. The van der Waals surface area contributed by atoms with Gasteiger partial charge in [0, 0.05) is 18.5 Å². The Morgan fingerprint density at radius 2 is 2.00 bits per heavy atom. The van der Waals surface area contributed by atoms with Gasteiger partial charge in [-0.05, 0) is 25.0 Å². The van der Waals surface area contributed by atoms with Crippen molar-refractivity contribution in [2.24, 2.45) is 5.92 Å². The van der Waals surface area contributed by atoms with Crippen LogP contribution in [0, 0.1) is 5.92 Å². The number of para-hydroxylation sites is 1. The van der Waals surface area contributed by atoms with Crippen LogP contribution in [-0.4, -0.2) is 28.9 Å². The van der Waals surface area contributed by atoms with Gasteiger partial charge in [0.1, 0.15) is 5.69 Å². The van der Waals surface area contributed by atoms with Gasteiger partial charge in [-0.2, -0.15) is 0 Å². The summed E-state index contributed by atoms with van der Waals surface area (Å²) < 4.78 is 0. The van der Waals surface area contributed by atoms with Gasteiger partial charge in [0.05, 0.1) is 11.2 Å². The summed E-state index contributed by atoms with van der Waals surface area (Å²) in [6.07, 6.45) is 2.19. The third-order valence-corrected chi connectivity index (χ3v) is 4.22. The fourth-order valence-corrected chi connectivity index (χ4v) is 2.68. The maximum absolute atomic E-state index is 12.7. The summed E-state index contributed by atoms with van der Waals surface area (Å²) >= 11 is 0. The van der Waals surface area contributed by atoms with Gasteiger partial charge in [-0.25, -0.2) is 0 Å². The number of nitrogens with zero attached hydrogens (tertiary/aromatic N) is 1. The summed E-state index contributed by atoms with van der Waals surface area (Å²) in [4.78, 5) is 17.8. The van der Waals surface area contributed by atoms with Crippen LogP contribution in [0.15, 0.2) is 24.3 Å². The number of nitrogen functional groups attached to an aromatic ring is 1. The number of fused-ring (bicyclic) bond motifs is 1. The lowest BCUT2D eigenvalue weighted by molar-refractivity contribution is 0.0730. The van der Waals surface area contributed by atoms with Crippen LogP contribution in [-0.2, 0) is 0 Å². The molecule has 0 radical (unpaired) electrons. The molecule has 2 aromatic rings. The summed E-state index contributed by atoms with van der Waals surface area (Å²) in [5.41, 5.74) is 8.09. The first-order valence-electron chi connectivity index (χ1n) is 7.77. The van der Waals surface area contributed by atoms with Gasteiger partial charge in [-0.15, -0.1) is 0 Å². The van der Waals surface area contributed by atoms with Gasteiger partial charge in [0.25, 0.3) is 5.91 Å². The number of benzene rings is 1. The van der Waals surface area contributed by atoms with E-state index in [0.29, 0.717) is 17.3 Å². The zero-order valence-corrected chi connectivity index (χ0v) is 13.1. The molecule has 1 aromatic carbocycles. The molecule has 1 heterocycles. The highest BCUT2D eigenvalue weighted by atomic mass is 16.2. The van der Waals surface area contributed by atoms with Crippen LogP contribution in [0.3, 0.4) is 0 Å². The Balaban J connectivity index is 2.25. The minimum atomic E-state index is 0.0556. The van der Waals surface area contributed by atoms with Crippen LogP contribution < -0.4 is 5.73 Å². The van der Waals surface area contributed by atoms with Crippen molar-refractivity contribution in [3.63, 3.8) is 0 Å². The van der Waals surface area contributed by atoms with Crippen molar-refractivity contribution in [2.45, 2.75) is 33.6 Å². The lowest BCUT2D eigenvalue weighted by Crippen LogP contribution is -2.35. The molecule has 0 aliphatic carbocycles. The van der Waals surface area contributed by atoms with E-state index in [1.54, 1.807) is 0 Å². The molecule has 0 saturated carbocycles. The van der Waals surface area contributed by atoms with E-state index in [1.807, 2.05) is 36.1 Å². The standard InChI is InChI=1S/C17H25N3O/c1-4-12(5-2)11-20(6-3)17(21)15-10-13-8-7-9-14(18)16(13)19-15/h7-10,12,19H,4-6,11,18H2,1-3H3. The monoisotopic (exact) mass is 287 g/mol. The Labute approximate surface area is 126 Å². The summed E-state index contributed by atoms with van der Waals surface area (Å²) in [5.74, 6) is 0.614. The average molecular weight is 287 g/mol. The number of aromatic nitrogens is 1. The minimum absolute atomic E-state index is 0.0556. The van der Waals surface area contributed by atoms with Crippen LogP contribution in [0.25, 0.3) is 10.9 Å².